The lowest BCUT2D eigenvalue weighted by Gasteiger charge is -2.13. The Bertz CT molecular complexity index is 190. The van der Waals surface area contributed by atoms with Gasteiger partial charge in [0.2, 0.25) is 0 Å². The first-order chi connectivity index (χ1) is 7.61. The third kappa shape index (κ3) is 7.58. The number of ether oxygens (including phenoxy) is 1. The SMILES string of the molecule is NCCCC[C@H](N)C(=O)OC[C@H](O)CCN. The minimum atomic E-state index is -0.704. The third-order valence-corrected chi connectivity index (χ3v) is 2.19. The van der Waals surface area contributed by atoms with Crippen molar-refractivity contribution < 1.29 is 14.6 Å². The Balaban J connectivity index is 3.62. The lowest BCUT2D eigenvalue weighted by molar-refractivity contribution is -0.148. The van der Waals surface area contributed by atoms with Crippen LogP contribution >= 0.6 is 0 Å². The van der Waals surface area contributed by atoms with Crippen LogP contribution < -0.4 is 17.2 Å². The topological polar surface area (TPSA) is 125 Å². The number of hydrogen-bond acceptors (Lipinski definition) is 6. The molecule has 0 unspecified atom stereocenters. The van der Waals surface area contributed by atoms with Crippen molar-refractivity contribution in [2.75, 3.05) is 19.7 Å². The van der Waals surface area contributed by atoms with Crippen molar-refractivity contribution in [1.82, 2.24) is 0 Å². The van der Waals surface area contributed by atoms with Gasteiger partial charge in [-0.05, 0) is 32.4 Å². The van der Waals surface area contributed by atoms with Crippen molar-refractivity contribution in [2.24, 2.45) is 17.2 Å². The molecule has 0 bridgehead atoms. The lowest BCUT2D eigenvalue weighted by Crippen LogP contribution is -2.34. The fourth-order valence-corrected chi connectivity index (χ4v) is 1.19. The van der Waals surface area contributed by atoms with E-state index >= 15 is 0 Å². The number of nitrogens with two attached hydrogens (primary N) is 3. The molecule has 0 radical (unpaired) electrons. The number of aliphatic hydroxyl groups excluding tert-OH is 1. The van der Waals surface area contributed by atoms with E-state index in [1.165, 1.54) is 0 Å². The number of aliphatic hydroxyl groups is 1. The van der Waals surface area contributed by atoms with Crippen molar-refractivity contribution >= 4 is 5.97 Å². The first-order valence-electron chi connectivity index (χ1n) is 5.62. The number of unbranched alkanes of at least 4 members (excludes halogenated alkanes) is 1. The van der Waals surface area contributed by atoms with Gasteiger partial charge >= 0.3 is 5.97 Å². The Morgan fingerprint density at radius 1 is 1.19 bits per heavy atom. The first-order valence-corrected chi connectivity index (χ1v) is 5.62. The summed E-state index contributed by atoms with van der Waals surface area (Å²) in [5.41, 5.74) is 16.2. The van der Waals surface area contributed by atoms with Gasteiger partial charge in [0.15, 0.2) is 0 Å². The summed E-state index contributed by atoms with van der Waals surface area (Å²) < 4.78 is 4.85. The molecule has 0 spiro atoms. The minimum absolute atomic E-state index is 0.0410. The Hall–Kier alpha value is -0.690. The number of esters is 1. The molecular weight excluding hydrogens is 210 g/mol. The summed E-state index contributed by atoms with van der Waals surface area (Å²) in [5, 5.41) is 9.28. The average Bonchev–Trinajstić information content (AvgIpc) is 2.26. The molecular formula is C10H23N3O3. The van der Waals surface area contributed by atoms with Crippen LogP contribution in [0.15, 0.2) is 0 Å². The Morgan fingerprint density at radius 2 is 1.88 bits per heavy atom. The van der Waals surface area contributed by atoms with E-state index in [4.69, 9.17) is 21.9 Å². The van der Waals surface area contributed by atoms with Crippen LogP contribution in [-0.4, -0.2) is 42.9 Å². The van der Waals surface area contributed by atoms with Gasteiger partial charge in [-0.3, -0.25) is 4.79 Å². The van der Waals surface area contributed by atoms with Gasteiger partial charge in [0.25, 0.3) is 0 Å². The van der Waals surface area contributed by atoms with E-state index in [0.29, 0.717) is 25.9 Å². The number of hydrogen-bond donors (Lipinski definition) is 4. The van der Waals surface area contributed by atoms with E-state index in [0.717, 1.165) is 12.8 Å². The van der Waals surface area contributed by atoms with Crippen LogP contribution in [0.5, 0.6) is 0 Å². The zero-order valence-electron chi connectivity index (χ0n) is 9.60. The molecule has 6 nitrogen and oxygen atoms in total. The monoisotopic (exact) mass is 233 g/mol. The first kappa shape index (κ1) is 15.3. The van der Waals surface area contributed by atoms with Crippen LogP contribution in [0.25, 0.3) is 0 Å². The predicted molar refractivity (Wildman–Crippen MR) is 61.5 cm³/mol. The number of carbonyl (C=O) groups excluding carboxylic acids is 1. The van der Waals surface area contributed by atoms with Crippen LogP contribution in [0.4, 0.5) is 0 Å². The summed E-state index contributed by atoms with van der Waals surface area (Å²) in [7, 11) is 0. The molecule has 0 aromatic heterocycles. The quantitative estimate of drug-likeness (QED) is 0.290. The number of rotatable bonds is 9. The molecule has 0 aromatic rings. The highest BCUT2D eigenvalue weighted by Crippen LogP contribution is 2.01. The molecule has 0 aliphatic heterocycles. The van der Waals surface area contributed by atoms with E-state index in [-0.39, 0.29) is 6.61 Å². The second-order valence-electron chi connectivity index (χ2n) is 3.75. The maximum atomic E-state index is 11.3. The zero-order valence-corrected chi connectivity index (χ0v) is 9.60. The summed E-state index contributed by atoms with van der Waals surface area (Å²) in [6.45, 7) is 0.916. The molecule has 0 amide bonds. The molecule has 7 N–H and O–H groups in total. The van der Waals surface area contributed by atoms with E-state index in [2.05, 4.69) is 0 Å². The van der Waals surface area contributed by atoms with Crippen LogP contribution in [0.2, 0.25) is 0 Å². The van der Waals surface area contributed by atoms with Crippen molar-refractivity contribution in [2.45, 2.75) is 37.8 Å². The second-order valence-corrected chi connectivity index (χ2v) is 3.75. The smallest absolute Gasteiger partial charge is 0.322 e. The van der Waals surface area contributed by atoms with Crippen LogP contribution in [0.3, 0.4) is 0 Å². The summed E-state index contributed by atoms with van der Waals surface area (Å²) in [5.74, 6) is -0.479. The van der Waals surface area contributed by atoms with Gasteiger partial charge in [-0.2, -0.15) is 0 Å². The van der Waals surface area contributed by atoms with Gasteiger partial charge in [0.05, 0.1) is 6.10 Å². The largest absolute Gasteiger partial charge is 0.462 e. The Kier molecular flexibility index (Phi) is 9.12. The van der Waals surface area contributed by atoms with E-state index in [1.54, 1.807) is 0 Å². The highest BCUT2D eigenvalue weighted by Gasteiger charge is 2.15. The molecule has 2 atom stereocenters. The van der Waals surface area contributed by atoms with Gasteiger partial charge < -0.3 is 27.0 Å². The molecule has 0 aliphatic carbocycles. The summed E-state index contributed by atoms with van der Waals surface area (Å²) in [6.07, 6.45) is 1.92. The molecule has 96 valence electrons. The Labute approximate surface area is 96.1 Å². The second kappa shape index (κ2) is 9.53. The maximum absolute atomic E-state index is 11.3. The van der Waals surface area contributed by atoms with Gasteiger partial charge in [-0.25, -0.2) is 0 Å². The van der Waals surface area contributed by atoms with E-state index < -0.39 is 18.1 Å². The Morgan fingerprint density at radius 3 is 2.44 bits per heavy atom. The molecule has 0 saturated heterocycles. The minimum Gasteiger partial charge on any atom is -0.462 e. The molecule has 0 saturated carbocycles. The summed E-state index contributed by atoms with van der Waals surface area (Å²) >= 11 is 0. The molecule has 0 heterocycles. The van der Waals surface area contributed by atoms with Gasteiger partial charge in [0, 0.05) is 0 Å². The van der Waals surface area contributed by atoms with Crippen molar-refractivity contribution in [1.29, 1.82) is 0 Å². The molecule has 0 aromatic carbocycles. The van der Waals surface area contributed by atoms with Gasteiger partial charge in [-0.15, -0.1) is 0 Å². The molecule has 16 heavy (non-hydrogen) atoms. The van der Waals surface area contributed by atoms with Crippen molar-refractivity contribution in [3.05, 3.63) is 0 Å². The third-order valence-electron chi connectivity index (χ3n) is 2.19. The summed E-state index contributed by atoms with van der Waals surface area (Å²) in [6, 6.07) is -0.628. The molecule has 0 aliphatic rings. The number of carbonyl (C=O) groups is 1. The highest BCUT2D eigenvalue weighted by molar-refractivity contribution is 5.75. The predicted octanol–water partition coefficient (Wildman–Crippen LogP) is -1.30. The maximum Gasteiger partial charge on any atom is 0.322 e. The average molecular weight is 233 g/mol. The fraction of sp³-hybridized carbons (Fsp3) is 0.900. The van der Waals surface area contributed by atoms with Crippen LogP contribution in [0, 0.1) is 0 Å². The normalized spacial score (nSPS) is 14.5. The van der Waals surface area contributed by atoms with Crippen LogP contribution in [0.1, 0.15) is 25.7 Å². The molecule has 6 heteroatoms. The standard InChI is InChI=1S/C10H23N3O3/c11-5-2-1-3-9(13)10(15)16-7-8(14)4-6-12/h8-9,14H,1-7,11-13H2/t8-,9+/m1/s1. The van der Waals surface area contributed by atoms with Crippen molar-refractivity contribution in [3.63, 3.8) is 0 Å². The van der Waals surface area contributed by atoms with E-state index in [1.807, 2.05) is 0 Å². The molecule has 0 fully saturated rings. The molecule has 0 rings (SSSR count). The summed E-state index contributed by atoms with van der Waals surface area (Å²) in [4.78, 5) is 11.3. The highest BCUT2D eigenvalue weighted by atomic mass is 16.5. The zero-order chi connectivity index (χ0) is 12.4. The van der Waals surface area contributed by atoms with Gasteiger partial charge in [0.1, 0.15) is 12.6 Å². The van der Waals surface area contributed by atoms with Crippen molar-refractivity contribution in [3.8, 4) is 0 Å². The van der Waals surface area contributed by atoms with E-state index in [9.17, 15) is 9.90 Å². The van der Waals surface area contributed by atoms with Crippen LogP contribution in [-0.2, 0) is 9.53 Å². The fourth-order valence-electron chi connectivity index (χ4n) is 1.19. The van der Waals surface area contributed by atoms with Gasteiger partial charge in [-0.1, -0.05) is 6.42 Å². The lowest BCUT2D eigenvalue weighted by atomic mass is 10.1.